The first-order valence-electron chi connectivity index (χ1n) is 4.37. The average molecular weight is 203 g/mol. The van der Waals surface area contributed by atoms with E-state index in [2.05, 4.69) is 17.2 Å². The second-order valence-corrected chi connectivity index (χ2v) is 4.34. The van der Waals surface area contributed by atoms with Gasteiger partial charge in [0.05, 0.1) is 10.2 Å². The van der Waals surface area contributed by atoms with Crippen LogP contribution in [0.1, 0.15) is 0 Å². The topological polar surface area (TPSA) is 43.8 Å². The predicted octanol–water partition coefficient (Wildman–Crippen LogP) is 2.37. The molecule has 3 nitrogen and oxygen atoms in total. The number of aryl methyl sites for hydroxylation is 1. The maximum Gasteiger partial charge on any atom is 0.163 e. The van der Waals surface area contributed by atoms with Gasteiger partial charge in [-0.05, 0) is 6.07 Å². The third-order valence-corrected chi connectivity index (χ3v) is 3.57. The van der Waals surface area contributed by atoms with Crippen LogP contribution in [0.15, 0.2) is 24.3 Å². The number of thiophene rings is 1. The van der Waals surface area contributed by atoms with Crippen LogP contribution >= 0.6 is 11.3 Å². The van der Waals surface area contributed by atoms with Crippen molar-refractivity contribution in [2.45, 2.75) is 0 Å². The maximum absolute atomic E-state index is 5.82. The van der Waals surface area contributed by atoms with Gasteiger partial charge in [0.1, 0.15) is 0 Å². The van der Waals surface area contributed by atoms with Gasteiger partial charge in [0.2, 0.25) is 0 Å². The molecule has 0 bridgehead atoms. The van der Waals surface area contributed by atoms with E-state index in [0.717, 1.165) is 10.2 Å². The number of nitrogen functional groups attached to an aromatic ring is 1. The summed E-state index contributed by atoms with van der Waals surface area (Å²) in [5.41, 5.74) is 6.96. The lowest BCUT2D eigenvalue weighted by molar-refractivity contribution is 0.804. The van der Waals surface area contributed by atoms with E-state index >= 15 is 0 Å². The number of hydrogen-bond acceptors (Lipinski definition) is 3. The van der Waals surface area contributed by atoms with E-state index < -0.39 is 0 Å². The Morgan fingerprint density at radius 3 is 3.00 bits per heavy atom. The zero-order valence-corrected chi connectivity index (χ0v) is 8.51. The Bertz CT molecular complexity index is 621. The summed E-state index contributed by atoms with van der Waals surface area (Å²) in [5, 5.41) is 5.44. The van der Waals surface area contributed by atoms with Crippen LogP contribution in [0.2, 0.25) is 0 Å². The Kier molecular flexibility index (Phi) is 1.39. The van der Waals surface area contributed by atoms with Gasteiger partial charge < -0.3 is 5.73 Å². The van der Waals surface area contributed by atoms with Crippen LogP contribution in [0.5, 0.6) is 0 Å². The number of hydrogen-bond donors (Lipinski definition) is 1. The van der Waals surface area contributed by atoms with Crippen LogP contribution in [0.4, 0.5) is 5.82 Å². The average Bonchev–Trinajstić information content (AvgIpc) is 2.66. The van der Waals surface area contributed by atoms with E-state index in [1.54, 1.807) is 11.3 Å². The minimum absolute atomic E-state index is 0.628. The smallest absolute Gasteiger partial charge is 0.163 e. The molecule has 4 heteroatoms. The third kappa shape index (κ3) is 0.834. The number of aromatic nitrogens is 2. The lowest BCUT2D eigenvalue weighted by Gasteiger charge is -1.91. The van der Waals surface area contributed by atoms with Crippen LogP contribution < -0.4 is 5.73 Å². The summed E-state index contributed by atoms with van der Waals surface area (Å²) in [6.45, 7) is 0. The lowest BCUT2D eigenvalue weighted by atomic mass is 10.2. The summed E-state index contributed by atoms with van der Waals surface area (Å²) in [6, 6.07) is 8.30. The highest BCUT2D eigenvalue weighted by Crippen LogP contribution is 2.36. The zero-order valence-electron chi connectivity index (χ0n) is 7.69. The number of benzene rings is 1. The summed E-state index contributed by atoms with van der Waals surface area (Å²) in [6.07, 6.45) is 0. The van der Waals surface area contributed by atoms with Crippen molar-refractivity contribution in [3.63, 3.8) is 0 Å². The molecule has 0 aliphatic carbocycles. The molecule has 2 heterocycles. The largest absolute Gasteiger partial charge is 0.381 e. The van der Waals surface area contributed by atoms with E-state index in [-0.39, 0.29) is 0 Å². The third-order valence-electron chi connectivity index (χ3n) is 2.38. The molecule has 70 valence electrons. The van der Waals surface area contributed by atoms with Crippen molar-refractivity contribution in [1.82, 2.24) is 9.78 Å². The monoisotopic (exact) mass is 203 g/mol. The molecule has 0 atom stereocenters. The minimum atomic E-state index is 0.628. The van der Waals surface area contributed by atoms with Crippen molar-refractivity contribution < 1.29 is 0 Å². The Morgan fingerprint density at radius 1 is 1.36 bits per heavy atom. The zero-order chi connectivity index (χ0) is 9.71. The number of fused-ring (bicyclic) bond motifs is 3. The molecule has 3 rings (SSSR count). The molecule has 0 amide bonds. The van der Waals surface area contributed by atoms with Crippen LogP contribution in [-0.4, -0.2) is 9.78 Å². The Labute approximate surface area is 84.7 Å². The van der Waals surface area contributed by atoms with Gasteiger partial charge in [0, 0.05) is 17.1 Å². The lowest BCUT2D eigenvalue weighted by Crippen LogP contribution is -1.91. The highest BCUT2D eigenvalue weighted by Gasteiger charge is 2.11. The number of nitrogens with two attached hydrogens (primary N) is 1. The van der Waals surface area contributed by atoms with Crippen LogP contribution in [0.25, 0.3) is 20.3 Å². The molecular weight excluding hydrogens is 194 g/mol. The molecule has 1 aromatic carbocycles. The van der Waals surface area contributed by atoms with Gasteiger partial charge >= 0.3 is 0 Å². The molecule has 0 aliphatic heterocycles. The molecule has 0 radical (unpaired) electrons. The molecule has 14 heavy (non-hydrogen) atoms. The first kappa shape index (κ1) is 7.82. The first-order chi connectivity index (χ1) is 6.77. The van der Waals surface area contributed by atoms with Crippen LogP contribution in [-0.2, 0) is 7.05 Å². The van der Waals surface area contributed by atoms with E-state index in [4.69, 9.17) is 5.73 Å². The molecule has 2 N–H and O–H groups in total. The van der Waals surface area contributed by atoms with Gasteiger partial charge in [-0.2, -0.15) is 5.10 Å². The van der Waals surface area contributed by atoms with Crippen LogP contribution in [0.3, 0.4) is 0 Å². The van der Waals surface area contributed by atoms with Crippen molar-refractivity contribution >= 4 is 37.5 Å². The minimum Gasteiger partial charge on any atom is -0.381 e. The fourth-order valence-corrected chi connectivity index (χ4v) is 2.91. The van der Waals surface area contributed by atoms with Gasteiger partial charge in [-0.1, -0.05) is 18.2 Å². The summed E-state index contributed by atoms with van der Waals surface area (Å²) >= 11 is 1.70. The molecular formula is C10H9N3S. The standard InChI is InChI=1S/C10H9N3S/c1-13-8-6-4-2-3-5-7(6)14-9(8)10(11)12-13/h2-5H,1H3,(H2,11,12). The molecule has 0 spiro atoms. The van der Waals surface area contributed by atoms with Crippen molar-refractivity contribution in [2.24, 2.45) is 7.05 Å². The summed E-state index contributed by atoms with van der Waals surface area (Å²) in [4.78, 5) is 0. The van der Waals surface area contributed by atoms with Crippen molar-refractivity contribution in [3.8, 4) is 0 Å². The highest BCUT2D eigenvalue weighted by molar-refractivity contribution is 7.26. The number of rotatable bonds is 0. The fourth-order valence-electron chi connectivity index (χ4n) is 1.78. The SMILES string of the molecule is Cn1nc(N)c2sc3ccccc3c21. The van der Waals surface area contributed by atoms with Crippen molar-refractivity contribution in [1.29, 1.82) is 0 Å². The molecule has 0 unspecified atom stereocenters. The molecule has 0 saturated heterocycles. The van der Waals surface area contributed by atoms with E-state index in [0.29, 0.717) is 5.82 Å². The van der Waals surface area contributed by atoms with E-state index in [1.165, 1.54) is 10.1 Å². The Balaban J connectivity index is 2.65. The number of anilines is 1. The predicted molar refractivity (Wildman–Crippen MR) is 60.5 cm³/mol. The van der Waals surface area contributed by atoms with Crippen molar-refractivity contribution in [2.75, 3.05) is 5.73 Å². The Hall–Kier alpha value is -1.55. The van der Waals surface area contributed by atoms with Gasteiger partial charge in [-0.3, -0.25) is 4.68 Å². The van der Waals surface area contributed by atoms with Gasteiger partial charge in [-0.25, -0.2) is 0 Å². The molecule has 3 aromatic rings. The second kappa shape index (κ2) is 2.48. The Morgan fingerprint density at radius 2 is 2.14 bits per heavy atom. The van der Waals surface area contributed by atoms with Gasteiger partial charge in [0.15, 0.2) is 5.82 Å². The van der Waals surface area contributed by atoms with Crippen LogP contribution in [0, 0.1) is 0 Å². The summed E-state index contributed by atoms with van der Waals surface area (Å²) in [7, 11) is 1.93. The molecule has 0 saturated carbocycles. The molecule has 0 aliphatic rings. The van der Waals surface area contributed by atoms with E-state index in [1.807, 2.05) is 23.9 Å². The van der Waals surface area contributed by atoms with Gasteiger partial charge in [-0.15, -0.1) is 11.3 Å². The van der Waals surface area contributed by atoms with Crippen molar-refractivity contribution in [3.05, 3.63) is 24.3 Å². The van der Waals surface area contributed by atoms with E-state index in [9.17, 15) is 0 Å². The summed E-state index contributed by atoms with van der Waals surface area (Å²) in [5.74, 6) is 0.628. The summed E-state index contributed by atoms with van der Waals surface area (Å²) < 4.78 is 4.21. The normalized spacial score (nSPS) is 11.5. The van der Waals surface area contributed by atoms with Gasteiger partial charge in [0.25, 0.3) is 0 Å². The number of nitrogens with zero attached hydrogens (tertiary/aromatic N) is 2. The maximum atomic E-state index is 5.82. The quantitative estimate of drug-likeness (QED) is 0.609. The fraction of sp³-hybridized carbons (Fsp3) is 0.100. The second-order valence-electron chi connectivity index (χ2n) is 3.28. The first-order valence-corrected chi connectivity index (χ1v) is 5.19. The molecule has 0 fully saturated rings. The molecule has 2 aromatic heterocycles. The highest BCUT2D eigenvalue weighted by atomic mass is 32.1.